The quantitative estimate of drug-likeness (QED) is 0.559. The molecular formula is C12H11Cl2IN2O2. The van der Waals surface area contributed by atoms with Gasteiger partial charge in [0.25, 0.3) is 0 Å². The number of fused-ring (bicyclic) bond motifs is 1. The van der Waals surface area contributed by atoms with E-state index in [0.717, 1.165) is 11.0 Å². The number of benzene rings is 1. The Labute approximate surface area is 133 Å². The molecule has 0 aliphatic heterocycles. The molecule has 1 heterocycles. The zero-order valence-corrected chi connectivity index (χ0v) is 13.3. The molecule has 1 aliphatic carbocycles. The number of hydrogen-bond acceptors (Lipinski definition) is 3. The lowest BCUT2D eigenvalue weighted by Crippen LogP contribution is -2.29. The summed E-state index contributed by atoms with van der Waals surface area (Å²) in [7, 11) is 0. The molecule has 0 radical (unpaired) electrons. The van der Waals surface area contributed by atoms with E-state index in [-0.39, 0.29) is 9.97 Å². The Hall–Kier alpha value is -0.0800. The molecular weight excluding hydrogens is 402 g/mol. The third kappa shape index (κ3) is 2.25. The van der Waals surface area contributed by atoms with Crippen molar-refractivity contribution in [1.29, 1.82) is 0 Å². The second kappa shape index (κ2) is 5.04. The number of aliphatic hydroxyl groups is 2. The van der Waals surface area contributed by atoms with Crippen LogP contribution in [-0.4, -0.2) is 35.9 Å². The van der Waals surface area contributed by atoms with Gasteiger partial charge < -0.3 is 14.8 Å². The number of aromatic nitrogens is 2. The first-order valence-corrected chi connectivity index (χ1v) is 7.81. The van der Waals surface area contributed by atoms with Crippen molar-refractivity contribution in [3.8, 4) is 0 Å². The molecule has 4 atom stereocenters. The van der Waals surface area contributed by atoms with Crippen LogP contribution in [0.15, 0.2) is 18.5 Å². The first-order chi connectivity index (χ1) is 8.99. The maximum absolute atomic E-state index is 10.1. The molecule has 19 heavy (non-hydrogen) atoms. The van der Waals surface area contributed by atoms with Crippen LogP contribution in [-0.2, 0) is 0 Å². The molecule has 4 nitrogen and oxygen atoms in total. The lowest BCUT2D eigenvalue weighted by atomic mass is 10.2. The van der Waals surface area contributed by atoms with Gasteiger partial charge in [0.05, 0.1) is 39.6 Å². The van der Waals surface area contributed by atoms with E-state index in [9.17, 15) is 10.2 Å². The standard InChI is InChI=1S/C12H11Cl2IN2O2/c13-5-1-8-9(2-6(5)14)17(4-16-8)10-3-7(15)11(18)12(10)19/h1-2,4,7,10-12,18-19H,3H2. The van der Waals surface area contributed by atoms with Gasteiger partial charge in [-0.3, -0.25) is 0 Å². The first kappa shape index (κ1) is 13.9. The summed E-state index contributed by atoms with van der Waals surface area (Å²) in [6.45, 7) is 0. The van der Waals surface area contributed by atoms with Gasteiger partial charge >= 0.3 is 0 Å². The van der Waals surface area contributed by atoms with Gasteiger partial charge in [-0.1, -0.05) is 45.8 Å². The highest BCUT2D eigenvalue weighted by Gasteiger charge is 2.41. The number of halogens is 3. The fourth-order valence-corrected chi connectivity index (χ4v) is 3.78. The molecule has 7 heteroatoms. The van der Waals surface area contributed by atoms with Gasteiger partial charge in [-0.15, -0.1) is 0 Å². The highest BCUT2D eigenvalue weighted by molar-refractivity contribution is 14.1. The molecule has 4 unspecified atom stereocenters. The lowest BCUT2D eigenvalue weighted by molar-refractivity contribution is 0.0273. The van der Waals surface area contributed by atoms with Crippen LogP contribution in [0.25, 0.3) is 11.0 Å². The van der Waals surface area contributed by atoms with Crippen molar-refractivity contribution in [2.75, 3.05) is 0 Å². The summed E-state index contributed by atoms with van der Waals surface area (Å²) in [6.07, 6.45) is 0.834. The highest BCUT2D eigenvalue weighted by atomic mass is 127. The number of rotatable bonds is 1. The van der Waals surface area contributed by atoms with Crippen molar-refractivity contribution in [2.24, 2.45) is 0 Å². The van der Waals surface area contributed by atoms with Crippen LogP contribution in [0.1, 0.15) is 12.5 Å². The average molecular weight is 413 g/mol. The fraction of sp³-hybridized carbons (Fsp3) is 0.417. The number of alkyl halides is 1. The van der Waals surface area contributed by atoms with Gasteiger partial charge in [0, 0.05) is 3.92 Å². The zero-order valence-electron chi connectivity index (χ0n) is 9.67. The van der Waals surface area contributed by atoms with Crippen molar-refractivity contribution in [1.82, 2.24) is 9.55 Å². The monoisotopic (exact) mass is 412 g/mol. The topological polar surface area (TPSA) is 58.3 Å². The Morgan fingerprint density at radius 1 is 1.21 bits per heavy atom. The number of aliphatic hydroxyl groups excluding tert-OH is 2. The van der Waals surface area contributed by atoms with E-state index < -0.39 is 12.2 Å². The van der Waals surface area contributed by atoms with E-state index >= 15 is 0 Å². The maximum Gasteiger partial charge on any atom is 0.102 e. The predicted molar refractivity (Wildman–Crippen MR) is 83.2 cm³/mol. The van der Waals surface area contributed by atoms with E-state index in [1.54, 1.807) is 18.5 Å². The normalized spacial score (nSPS) is 31.2. The molecule has 1 saturated carbocycles. The van der Waals surface area contributed by atoms with Crippen molar-refractivity contribution in [3.05, 3.63) is 28.5 Å². The van der Waals surface area contributed by atoms with Gasteiger partial charge in [0.15, 0.2) is 0 Å². The summed E-state index contributed by atoms with van der Waals surface area (Å²) in [6, 6.07) is 3.25. The molecule has 2 N–H and O–H groups in total. The molecule has 0 amide bonds. The van der Waals surface area contributed by atoms with Gasteiger partial charge in [-0.25, -0.2) is 4.98 Å². The number of hydrogen-bond donors (Lipinski definition) is 2. The van der Waals surface area contributed by atoms with Gasteiger partial charge in [-0.05, 0) is 18.6 Å². The van der Waals surface area contributed by atoms with Crippen LogP contribution < -0.4 is 0 Å². The summed E-state index contributed by atoms with van der Waals surface area (Å²) in [5.74, 6) is 0. The van der Waals surface area contributed by atoms with E-state index in [1.165, 1.54) is 0 Å². The van der Waals surface area contributed by atoms with Crippen molar-refractivity contribution >= 4 is 56.8 Å². The van der Waals surface area contributed by atoms with Gasteiger partial charge in [-0.2, -0.15) is 0 Å². The second-order valence-corrected chi connectivity index (χ2v) is 7.12. The van der Waals surface area contributed by atoms with Crippen LogP contribution in [0.5, 0.6) is 0 Å². The van der Waals surface area contributed by atoms with Crippen molar-refractivity contribution in [3.63, 3.8) is 0 Å². The van der Waals surface area contributed by atoms with E-state index in [4.69, 9.17) is 23.2 Å². The molecule has 1 aliphatic rings. The second-order valence-electron chi connectivity index (χ2n) is 4.71. The van der Waals surface area contributed by atoms with Gasteiger partial charge in [0.2, 0.25) is 0 Å². The molecule has 0 spiro atoms. The van der Waals surface area contributed by atoms with Gasteiger partial charge in [0.1, 0.15) is 6.10 Å². The molecule has 2 aromatic rings. The molecule has 0 saturated heterocycles. The minimum atomic E-state index is -0.797. The summed E-state index contributed by atoms with van der Waals surface area (Å²) >= 11 is 14.1. The number of imidazole rings is 1. The highest BCUT2D eigenvalue weighted by Crippen LogP contribution is 2.38. The molecule has 1 fully saturated rings. The first-order valence-electron chi connectivity index (χ1n) is 5.81. The molecule has 1 aromatic carbocycles. The van der Waals surface area contributed by atoms with Crippen LogP contribution in [0.2, 0.25) is 10.0 Å². The average Bonchev–Trinajstić information content (AvgIpc) is 2.87. The Morgan fingerprint density at radius 2 is 1.89 bits per heavy atom. The smallest absolute Gasteiger partial charge is 0.102 e. The number of nitrogens with zero attached hydrogens (tertiary/aromatic N) is 2. The van der Waals surface area contributed by atoms with Crippen LogP contribution >= 0.6 is 45.8 Å². The largest absolute Gasteiger partial charge is 0.389 e. The Balaban J connectivity index is 2.09. The third-order valence-electron chi connectivity index (χ3n) is 3.56. The van der Waals surface area contributed by atoms with E-state index in [0.29, 0.717) is 16.5 Å². The van der Waals surface area contributed by atoms with E-state index in [2.05, 4.69) is 27.6 Å². The fourth-order valence-electron chi connectivity index (χ4n) is 2.52. The van der Waals surface area contributed by atoms with E-state index in [1.807, 2.05) is 4.57 Å². The Bertz CT molecular complexity index is 633. The zero-order chi connectivity index (χ0) is 13.7. The molecule has 102 valence electrons. The summed E-state index contributed by atoms with van der Waals surface area (Å²) in [4.78, 5) is 4.27. The van der Waals surface area contributed by atoms with Crippen molar-refractivity contribution < 1.29 is 10.2 Å². The lowest BCUT2D eigenvalue weighted by Gasteiger charge is -2.18. The minimum absolute atomic E-state index is 0.0258. The summed E-state index contributed by atoms with van der Waals surface area (Å²) < 4.78 is 1.89. The van der Waals surface area contributed by atoms with Crippen LogP contribution in [0.3, 0.4) is 0 Å². The van der Waals surface area contributed by atoms with Crippen LogP contribution in [0, 0.1) is 0 Å². The Kier molecular flexibility index (Phi) is 3.68. The SMILES string of the molecule is OC1C(I)CC(n2cnc3cc(Cl)c(Cl)cc32)C1O. The van der Waals surface area contributed by atoms with Crippen molar-refractivity contribution in [2.45, 2.75) is 28.6 Å². The maximum atomic E-state index is 10.1. The predicted octanol–water partition coefficient (Wildman–Crippen LogP) is 2.81. The summed E-state index contributed by atoms with van der Waals surface area (Å²) in [5.41, 5.74) is 1.55. The van der Waals surface area contributed by atoms with Crippen LogP contribution in [0.4, 0.5) is 0 Å². The summed E-state index contributed by atoms with van der Waals surface area (Å²) in [5, 5.41) is 20.9. The molecule has 3 rings (SSSR count). The molecule has 1 aromatic heterocycles. The molecule has 0 bridgehead atoms. The third-order valence-corrected chi connectivity index (χ3v) is 5.52. The minimum Gasteiger partial charge on any atom is -0.389 e. The Morgan fingerprint density at radius 3 is 2.53 bits per heavy atom.